The molecule has 0 aliphatic rings. The van der Waals surface area contributed by atoms with E-state index in [1.54, 1.807) is 13.2 Å². The maximum Gasteiger partial charge on any atom is 0.166 e. The average Bonchev–Trinajstić information content (AvgIpc) is 2.30. The van der Waals surface area contributed by atoms with Gasteiger partial charge < -0.3 is 20.3 Å². The Labute approximate surface area is 103 Å². The van der Waals surface area contributed by atoms with E-state index >= 15 is 0 Å². The van der Waals surface area contributed by atoms with Crippen molar-refractivity contribution in [2.24, 2.45) is 5.73 Å². The van der Waals surface area contributed by atoms with Gasteiger partial charge >= 0.3 is 0 Å². The van der Waals surface area contributed by atoms with Gasteiger partial charge in [-0.15, -0.1) is 0 Å². The molecule has 0 saturated heterocycles. The van der Waals surface area contributed by atoms with Crippen molar-refractivity contribution < 1.29 is 14.6 Å². The molecule has 0 fully saturated rings. The molecule has 1 unspecified atom stereocenters. The second kappa shape index (κ2) is 5.52. The number of hydrogen-bond donors (Lipinski definition) is 2. The van der Waals surface area contributed by atoms with E-state index in [2.05, 4.69) is 15.9 Å². The Morgan fingerprint density at radius 1 is 1.44 bits per heavy atom. The Morgan fingerprint density at radius 2 is 2.06 bits per heavy atom. The van der Waals surface area contributed by atoms with Crippen molar-refractivity contribution in [3.8, 4) is 11.5 Å². The lowest BCUT2D eigenvalue weighted by Crippen LogP contribution is -2.14. The van der Waals surface area contributed by atoms with E-state index in [0.717, 1.165) is 10.0 Å². The van der Waals surface area contributed by atoms with Crippen molar-refractivity contribution in [2.75, 3.05) is 20.8 Å². The maximum atomic E-state index is 9.89. The van der Waals surface area contributed by atoms with Gasteiger partial charge in [-0.25, -0.2) is 0 Å². The van der Waals surface area contributed by atoms with Gasteiger partial charge in [0.1, 0.15) is 0 Å². The highest BCUT2D eigenvalue weighted by Gasteiger charge is 2.21. The zero-order chi connectivity index (χ0) is 12.3. The molecule has 0 spiro atoms. The highest BCUT2D eigenvalue weighted by atomic mass is 79.9. The lowest BCUT2D eigenvalue weighted by Gasteiger charge is -2.19. The molecule has 0 amide bonds. The van der Waals surface area contributed by atoms with Crippen LogP contribution >= 0.6 is 15.9 Å². The summed E-state index contributed by atoms with van der Waals surface area (Å²) in [6.45, 7) is 2.02. The van der Waals surface area contributed by atoms with Crippen LogP contribution in [0.2, 0.25) is 0 Å². The molecule has 5 heteroatoms. The molecule has 0 aromatic heterocycles. The molecule has 1 aromatic carbocycles. The molecule has 0 aliphatic carbocycles. The normalized spacial score (nSPS) is 12.4. The summed E-state index contributed by atoms with van der Waals surface area (Å²) in [6, 6.07) is 1.81. The van der Waals surface area contributed by atoms with Crippen LogP contribution in [0.4, 0.5) is 0 Å². The summed E-state index contributed by atoms with van der Waals surface area (Å²) in [5.74, 6) is 1.10. The van der Waals surface area contributed by atoms with Crippen LogP contribution in [0.1, 0.15) is 17.2 Å². The topological polar surface area (TPSA) is 64.7 Å². The van der Waals surface area contributed by atoms with E-state index in [9.17, 15) is 5.11 Å². The number of rotatable bonds is 4. The standard InChI is InChI=1S/C11H16BrNO3/c1-6-7(12)4-9(15-2)11(16-3)10(6)8(14)5-13/h4,8,14H,5,13H2,1-3H3. The van der Waals surface area contributed by atoms with Crippen molar-refractivity contribution in [1.82, 2.24) is 0 Å². The molecule has 4 nitrogen and oxygen atoms in total. The first-order valence-electron chi connectivity index (χ1n) is 4.85. The molecule has 0 bridgehead atoms. The predicted molar refractivity (Wildman–Crippen MR) is 66.0 cm³/mol. The SMILES string of the molecule is COc1cc(Br)c(C)c(C(O)CN)c1OC. The minimum atomic E-state index is -0.763. The van der Waals surface area contributed by atoms with Gasteiger partial charge in [-0.1, -0.05) is 15.9 Å². The second-order valence-corrected chi connectivity index (χ2v) is 4.24. The van der Waals surface area contributed by atoms with Gasteiger partial charge in [0.15, 0.2) is 11.5 Å². The van der Waals surface area contributed by atoms with E-state index in [1.807, 2.05) is 6.92 Å². The minimum Gasteiger partial charge on any atom is -0.493 e. The van der Waals surface area contributed by atoms with Crippen molar-refractivity contribution >= 4 is 15.9 Å². The Kier molecular flexibility index (Phi) is 4.58. The van der Waals surface area contributed by atoms with Gasteiger partial charge in [0.2, 0.25) is 0 Å². The quantitative estimate of drug-likeness (QED) is 0.887. The number of nitrogens with two attached hydrogens (primary N) is 1. The Balaban J connectivity index is 3.46. The third-order valence-corrected chi connectivity index (χ3v) is 3.29. The molecule has 0 saturated carbocycles. The lowest BCUT2D eigenvalue weighted by atomic mass is 10.0. The number of halogens is 1. The number of methoxy groups -OCH3 is 2. The first-order valence-corrected chi connectivity index (χ1v) is 5.65. The average molecular weight is 290 g/mol. The van der Waals surface area contributed by atoms with Crippen molar-refractivity contribution in [3.63, 3.8) is 0 Å². The van der Waals surface area contributed by atoms with Crippen molar-refractivity contribution in [3.05, 3.63) is 21.7 Å². The lowest BCUT2D eigenvalue weighted by molar-refractivity contribution is 0.180. The summed E-state index contributed by atoms with van der Waals surface area (Å²) in [7, 11) is 3.09. The molecular formula is C11H16BrNO3. The van der Waals surface area contributed by atoms with Crippen LogP contribution in [0.15, 0.2) is 10.5 Å². The number of ether oxygens (including phenoxy) is 2. The molecular weight excluding hydrogens is 274 g/mol. The fourth-order valence-electron chi connectivity index (χ4n) is 1.60. The van der Waals surface area contributed by atoms with Gasteiger partial charge in [0.05, 0.1) is 20.3 Å². The van der Waals surface area contributed by atoms with E-state index in [0.29, 0.717) is 17.1 Å². The predicted octanol–water partition coefficient (Wildman–Crippen LogP) is 1.77. The minimum absolute atomic E-state index is 0.136. The van der Waals surface area contributed by atoms with Gasteiger partial charge in [0.25, 0.3) is 0 Å². The largest absolute Gasteiger partial charge is 0.493 e. The van der Waals surface area contributed by atoms with Crippen LogP contribution in [-0.4, -0.2) is 25.9 Å². The molecule has 0 radical (unpaired) electrons. The van der Waals surface area contributed by atoms with E-state index in [1.165, 1.54) is 7.11 Å². The third-order valence-electron chi connectivity index (χ3n) is 2.47. The summed E-state index contributed by atoms with van der Waals surface area (Å²) in [4.78, 5) is 0. The molecule has 16 heavy (non-hydrogen) atoms. The molecule has 3 N–H and O–H groups in total. The maximum absolute atomic E-state index is 9.89. The molecule has 0 heterocycles. The number of aliphatic hydroxyl groups is 1. The molecule has 1 aromatic rings. The summed E-state index contributed by atoms with van der Waals surface area (Å²) in [5.41, 5.74) is 7.04. The van der Waals surface area contributed by atoms with E-state index in [4.69, 9.17) is 15.2 Å². The summed E-state index contributed by atoms with van der Waals surface area (Å²) in [6.07, 6.45) is -0.763. The number of hydrogen-bond acceptors (Lipinski definition) is 4. The molecule has 0 aliphatic heterocycles. The summed E-state index contributed by atoms with van der Waals surface area (Å²) >= 11 is 3.41. The van der Waals surface area contributed by atoms with Crippen LogP contribution in [0, 0.1) is 6.92 Å². The Morgan fingerprint density at radius 3 is 2.50 bits per heavy atom. The number of benzene rings is 1. The van der Waals surface area contributed by atoms with Gasteiger partial charge in [0, 0.05) is 16.6 Å². The fourth-order valence-corrected chi connectivity index (χ4v) is 2.02. The highest BCUT2D eigenvalue weighted by Crippen LogP contribution is 2.40. The van der Waals surface area contributed by atoms with E-state index in [-0.39, 0.29) is 6.54 Å². The second-order valence-electron chi connectivity index (χ2n) is 3.38. The molecule has 1 rings (SSSR count). The van der Waals surface area contributed by atoms with E-state index < -0.39 is 6.10 Å². The molecule has 1 atom stereocenters. The fraction of sp³-hybridized carbons (Fsp3) is 0.455. The van der Waals surface area contributed by atoms with Crippen LogP contribution in [0.5, 0.6) is 11.5 Å². The van der Waals surface area contributed by atoms with Crippen LogP contribution in [0.3, 0.4) is 0 Å². The van der Waals surface area contributed by atoms with Gasteiger partial charge in [-0.05, 0) is 18.6 Å². The van der Waals surface area contributed by atoms with Crippen LogP contribution in [0.25, 0.3) is 0 Å². The number of aliphatic hydroxyl groups excluding tert-OH is 1. The Hall–Kier alpha value is -0.780. The monoisotopic (exact) mass is 289 g/mol. The van der Waals surface area contributed by atoms with Crippen molar-refractivity contribution in [1.29, 1.82) is 0 Å². The zero-order valence-electron chi connectivity index (χ0n) is 9.58. The highest BCUT2D eigenvalue weighted by molar-refractivity contribution is 9.10. The molecule has 90 valence electrons. The third kappa shape index (κ3) is 2.31. The first kappa shape index (κ1) is 13.3. The Bertz CT molecular complexity index is 382. The van der Waals surface area contributed by atoms with Crippen LogP contribution < -0.4 is 15.2 Å². The van der Waals surface area contributed by atoms with Crippen LogP contribution in [-0.2, 0) is 0 Å². The van der Waals surface area contributed by atoms with Crippen molar-refractivity contribution in [2.45, 2.75) is 13.0 Å². The summed E-state index contributed by atoms with van der Waals surface area (Å²) in [5, 5.41) is 9.89. The van der Waals surface area contributed by atoms with Gasteiger partial charge in [-0.3, -0.25) is 0 Å². The first-order chi connectivity index (χ1) is 7.56. The van der Waals surface area contributed by atoms with Gasteiger partial charge in [-0.2, -0.15) is 0 Å². The smallest absolute Gasteiger partial charge is 0.166 e. The summed E-state index contributed by atoms with van der Waals surface area (Å²) < 4.78 is 11.3. The zero-order valence-corrected chi connectivity index (χ0v) is 11.2.